The minimum atomic E-state index is -3.75. The van der Waals surface area contributed by atoms with Crippen molar-refractivity contribution < 1.29 is 18.0 Å². The van der Waals surface area contributed by atoms with Crippen molar-refractivity contribution in [2.24, 2.45) is 0 Å². The van der Waals surface area contributed by atoms with Crippen molar-refractivity contribution in [1.82, 2.24) is 9.62 Å². The lowest BCUT2D eigenvalue weighted by atomic mass is 10.1. The van der Waals surface area contributed by atoms with Gasteiger partial charge in [0, 0.05) is 31.2 Å². The number of carbonyl (C=O) groups excluding carboxylic acids is 2. The Morgan fingerprint density at radius 1 is 1.13 bits per heavy atom. The Hall–Kier alpha value is -2.97. The smallest absolute Gasteiger partial charge is 0.243 e. The van der Waals surface area contributed by atoms with E-state index in [0.717, 1.165) is 5.56 Å². The quantitative estimate of drug-likeness (QED) is 0.616. The number of hydrogen-bond acceptors (Lipinski definition) is 4. The molecular formula is C23H27N3O4S. The van der Waals surface area contributed by atoms with Crippen LogP contribution in [0.2, 0.25) is 0 Å². The Morgan fingerprint density at radius 3 is 2.65 bits per heavy atom. The lowest BCUT2D eigenvalue weighted by Gasteiger charge is -2.32. The molecule has 31 heavy (non-hydrogen) atoms. The van der Waals surface area contributed by atoms with Crippen LogP contribution in [0.15, 0.2) is 72.1 Å². The van der Waals surface area contributed by atoms with Crippen LogP contribution in [0.5, 0.6) is 0 Å². The molecule has 0 bridgehead atoms. The molecule has 1 heterocycles. The van der Waals surface area contributed by atoms with Gasteiger partial charge < -0.3 is 10.6 Å². The number of sulfonamides is 1. The topological polar surface area (TPSA) is 95.6 Å². The van der Waals surface area contributed by atoms with Crippen LogP contribution in [0.4, 0.5) is 5.69 Å². The Bertz CT molecular complexity index is 1040. The van der Waals surface area contributed by atoms with Crippen LogP contribution < -0.4 is 10.6 Å². The number of hydrogen-bond donors (Lipinski definition) is 2. The lowest BCUT2D eigenvalue weighted by Crippen LogP contribution is -2.49. The number of nitrogens with one attached hydrogen (secondary N) is 2. The Labute approximate surface area is 183 Å². The molecule has 0 aromatic heterocycles. The monoisotopic (exact) mass is 441 g/mol. The molecule has 2 amide bonds. The van der Waals surface area contributed by atoms with Gasteiger partial charge >= 0.3 is 0 Å². The van der Waals surface area contributed by atoms with Gasteiger partial charge in [0.05, 0.1) is 4.90 Å². The van der Waals surface area contributed by atoms with E-state index in [-0.39, 0.29) is 29.3 Å². The second kappa shape index (κ2) is 10.4. The van der Waals surface area contributed by atoms with Crippen LogP contribution in [0.25, 0.3) is 0 Å². The molecule has 0 aliphatic carbocycles. The molecule has 2 aromatic rings. The predicted molar refractivity (Wildman–Crippen MR) is 120 cm³/mol. The van der Waals surface area contributed by atoms with Crippen molar-refractivity contribution in [3.05, 3.63) is 72.8 Å². The number of aryl methyl sites for hydroxylation is 1. The van der Waals surface area contributed by atoms with Crippen LogP contribution >= 0.6 is 0 Å². The van der Waals surface area contributed by atoms with Crippen molar-refractivity contribution in [1.29, 1.82) is 0 Å². The number of anilines is 1. The zero-order valence-corrected chi connectivity index (χ0v) is 18.1. The third-order valence-electron chi connectivity index (χ3n) is 5.16. The normalized spacial score (nSPS) is 17.0. The van der Waals surface area contributed by atoms with Crippen LogP contribution in [-0.2, 0) is 26.0 Å². The van der Waals surface area contributed by atoms with E-state index in [0.29, 0.717) is 37.9 Å². The van der Waals surface area contributed by atoms with Gasteiger partial charge in [-0.2, -0.15) is 4.31 Å². The summed E-state index contributed by atoms with van der Waals surface area (Å²) in [5.41, 5.74) is 1.50. The van der Waals surface area contributed by atoms with Crippen LogP contribution in [0.1, 0.15) is 24.8 Å². The molecule has 3 rings (SSSR count). The first-order valence-corrected chi connectivity index (χ1v) is 11.7. The van der Waals surface area contributed by atoms with E-state index in [2.05, 4.69) is 17.2 Å². The molecule has 1 atom stereocenters. The second-order valence-corrected chi connectivity index (χ2v) is 9.41. The van der Waals surface area contributed by atoms with E-state index in [1.54, 1.807) is 12.1 Å². The van der Waals surface area contributed by atoms with Gasteiger partial charge in [0.15, 0.2) is 0 Å². The molecule has 2 aromatic carbocycles. The number of amides is 2. The fourth-order valence-electron chi connectivity index (χ4n) is 3.55. The van der Waals surface area contributed by atoms with Crippen molar-refractivity contribution >= 4 is 27.5 Å². The van der Waals surface area contributed by atoms with E-state index in [1.807, 2.05) is 30.3 Å². The number of nitrogens with zero attached hydrogens (tertiary/aromatic N) is 1. The Morgan fingerprint density at radius 2 is 1.90 bits per heavy atom. The molecule has 0 spiro atoms. The summed E-state index contributed by atoms with van der Waals surface area (Å²) in [5, 5.41) is 5.55. The van der Waals surface area contributed by atoms with Gasteiger partial charge in [0.2, 0.25) is 21.8 Å². The number of piperidine rings is 1. The standard InChI is InChI=1S/C23H27N3O4S/c1-2-22(27)25-20-11-7-15-26(17-20)31(29,30)21-12-6-10-19(16-21)24-23(28)14-13-18-8-4-3-5-9-18/h2-6,8-10,12,16,20H,1,7,11,13-15,17H2,(H,24,28)(H,25,27)/t20-/m0/s1. The molecule has 1 fully saturated rings. The average molecular weight is 442 g/mol. The van der Waals surface area contributed by atoms with Crippen LogP contribution in [0, 0.1) is 0 Å². The van der Waals surface area contributed by atoms with Crippen LogP contribution in [0.3, 0.4) is 0 Å². The first-order valence-electron chi connectivity index (χ1n) is 10.3. The maximum absolute atomic E-state index is 13.1. The Balaban J connectivity index is 1.64. The molecular weight excluding hydrogens is 414 g/mol. The largest absolute Gasteiger partial charge is 0.349 e. The molecule has 0 radical (unpaired) electrons. The summed E-state index contributed by atoms with van der Waals surface area (Å²) >= 11 is 0. The highest BCUT2D eigenvalue weighted by Gasteiger charge is 2.30. The van der Waals surface area contributed by atoms with Gasteiger partial charge in [-0.3, -0.25) is 9.59 Å². The zero-order chi connectivity index (χ0) is 22.3. The highest BCUT2D eigenvalue weighted by atomic mass is 32.2. The minimum Gasteiger partial charge on any atom is -0.349 e. The van der Waals surface area contributed by atoms with E-state index < -0.39 is 10.0 Å². The van der Waals surface area contributed by atoms with Crippen molar-refractivity contribution in [2.45, 2.75) is 36.6 Å². The second-order valence-electron chi connectivity index (χ2n) is 7.48. The molecule has 7 nitrogen and oxygen atoms in total. The number of carbonyl (C=O) groups is 2. The third kappa shape index (κ3) is 6.26. The maximum Gasteiger partial charge on any atom is 0.243 e. The summed E-state index contributed by atoms with van der Waals surface area (Å²) in [7, 11) is -3.75. The molecule has 164 valence electrons. The maximum atomic E-state index is 13.1. The molecule has 0 saturated carbocycles. The summed E-state index contributed by atoms with van der Waals surface area (Å²) < 4.78 is 27.6. The van der Waals surface area contributed by atoms with Gasteiger partial charge in [-0.25, -0.2) is 8.42 Å². The Kier molecular flexibility index (Phi) is 7.59. The van der Waals surface area contributed by atoms with E-state index in [4.69, 9.17) is 0 Å². The summed E-state index contributed by atoms with van der Waals surface area (Å²) in [6.45, 7) is 4.02. The zero-order valence-electron chi connectivity index (χ0n) is 17.3. The summed E-state index contributed by atoms with van der Waals surface area (Å²) in [4.78, 5) is 24.0. The van der Waals surface area contributed by atoms with Gasteiger partial charge in [0.1, 0.15) is 0 Å². The van der Waals surface area contributed by atoms with Crippen molar-refractivity contribution in [3.63, 3.8) is 0 Å². The van der Waals surface area contributed by atoms with Crippen molar-refractivity contribution in [3.8, 4) is 0 Å². The molecule has 1 saturated heterocycles. The first kappa shape index (κ1) is 22.7. The summed E-state index contributed by atoms with van der Waals surface area (Å²) in [6.07, 6.45) is 3.45. The van der Waals surface area contributed by atoms with E-state index >= 15 is 0 Å². The highest BCUT2D eigenvalue weighted by molar-refractivity contribution is 7.89. The van der Waals surface area contributed by atoms with Crippen molar-refractivity contribution in [2.75, 3.05) is 18.4 Å². The fourth-order valence-corrected chi connectivity index (χ4v) is 5.12. The highest BCUT2D eigenvalue weighted by Crippen LogP contribution is 2.23. The molecule has 1 aliphatic heterocycles. The third-order valence-corrected chi connectivity index (χ3v) is 7.02. The first-order chi connectivity index (χ1) is 14.9. The van der Waals surface area contributed by atoms with Gasteiger partial charge in [-0.15, -0.1) is 0 Å². The molecule has 8 heteroatoms. The van der Waals surface area contributed by atoms with E-state index in [1.165, 1.54) is 22.5 Å². The predicted octanol–water partition coefficient (Wildman–Crippen LogP) is 2.71. The van der Waals surface area contributed by atoms with Crippen LogP contribution in [-0.4, -0.2) is 43.7 Å². The van der Waals surface area contributed by atoms with Gasteiger partial charge in [-0.1, -0.05) is 43.0 Å². The lowest BCUT2D eigenvalue weighted by molar-refractivity contribution is -0.117. The van der Waals surface area contributed by atoms with Gasteiger partial charge in [-0.05, 0) is 49.1 Å². The average Bonchev–Trinajstić information content (AvgIpc) is 2.78. The molecule has 1 aliphatic rings. The summed E-state index contributed by atoms with van der Waals surface area (Å²) in [6, 6.07) is 15.7. The number of benzene rings is 2. The SMILES string of the molecule is C=CC(=O)N[C@H]1CCCN(S(=O)(=O)c2cccc(NC(=O)CCc3ccccc3)c2)C1. The van der Waals surface area contributed by atoms with Gasteiger partial charge in [0.25, 0.3) is 0 Å². The number of rotatable bonds is 8. The summed E-state index contributed by atoms with van der Waals surface area (Å²) in [5.74, 6) is -0.493. The molecule has 2 N–H and O–H groups in total. The minimum absolute atomic E-state index is 0.115. The molecule has 0 unspecified atom stereocenters. The fraction of sp³-hybridized carbons (Fsp3) is 0.304. The van der Waals surface area contributed by atoms with E-state index in [9.17, 15) is 18.0 Å².